The molecule has 1 aliphatic carbocycles. The molecule has 51 valence electrons. The Morgan fingerprint density at radius 2 is 2.60 bits per heavy atom. The quantitative estimate of drug-likeness (QED) is 0.481. The van der Waals surface area contributed by atoms with Gasteiger partial charge >= 0.3 is 0 Å². The van der Waals surface area contributed by atoms with E-state index in [9.17, 15) is 0 Å². The van der Waals surface area contributed by atoms with Crippen LogP contribution in [0.5, 0.6) is 0 Å². The van der Waals surface area contributed by atoms with Gasteiger partial charge in [0.1, 0.15) is 6.04 Å². The normalized spacial score (nSPS) is 28.8. The van der Waals surface area contributed by atoms with Gasteiger partial charge in [-0.3, -0.25) is 0 Å². The number of nitrogens with one attached hydrogen (secondary N) is 1. The van der Waals surface area contributed by atoms with Gasteiger partial charge in [-0.25, -0.2) is 0 Å². The fourth-order valence-corrected chi connectivity index (χ4v) is 1.33. The lowest BCUT2D eigenvalue weighted by Crippen LogP contribution is -2.35. The molecule has 1 unspecified atom stereocenters. The number of rotatable bonds is 0. The summed E-state index contributed by atoms with van der Waals surface area (Å²) in [6, 6.07) is 0.388. The highest BCUT2D eigenvalue weighted by Crippen LogP contribution is 2.17. The third kappa shape index (κ3) is 0.856. The number of hydrazone groups is 1. The number of allylic oxidation sites excluding steroid dienone is 2. The maximum atomic E-state index is 3.96. The number of hydrogen-bond donors (Lipinski definition) is 1. The van der Waals surface area contributed by atoms with E-state index in [1.54, 1.807) is 0 Å². The highest BCUT2D eigenvalue weighted by molar-refractivity contribution is 5.72. The molecule has 0 aromatic rings. The van der Waals surface area contributed by atoms with Gasteiger partial charge in [-0.15, -0.1) is 5.43 Å². The predicted molar refractivity (Wildman–Crippen MR) is 41.6 cm³/mol. The summed E-state index contributed by atoms with van der Waals surface area (Å²) in [6.07, 6.45) is 10.7. The summed E-state index contributed by atoms with van der Waals surface area (Å²) in [5.74, 6) is 0. The van der Waals surface area contributed by atoms with Crippen molar-refractivity contribution in [3.8, 4) is 0 Å². The Hall–Kier alpha value is -1.05. The van der Waals surface area contributed by atoms with Crippen molar-refractivity contribution >= 4 is 6.21 Å². The zero-order valence-electron chi connectivity index (χ0n) is 5.75. The smallest absolute Gasteiger partial charge is 0.122 e. The molecular weight excluding hydrogens is 124 g/mol. The minimum Gasteiger partial charge on any atom is -0.122 e. The Bertz CT molecular complexity index is 213. The van der Waals surface area contributed by atoms with E-state index in [1.807, 2.05) is 6.21 Å². The molecule has 0 aromatic heterocycles. The third-order valence-corrected chi connectivity index (χ3v) is 1.90. The second-order valence-electron chi connectivity index (χ2n) is 2.59. The maximum absolute atomic E-state index is 3.96. The topological polar surface area (TPSA) is 26.1 Å². The van der Waals surface area contributed by atoms with E-state index in [0.717, 1.165) is 0 Å². The van der Waals surface area contributed by atoms with Crippen molar-refractivity contribution < 1.29 is 0 Å². The van der Waals surface area contributed by atoms with Crippen LogP contribution in [-0.4, -0.2) is 12.3 Å². The maximum Gasteiger partial charge on any atom is 0.274 e. The molecule has 0 spiro atoms. The molecule has 0 fully saturated rings. The predicted octanol–water partition coefficient (Wildman–Crippen LogP) is 0.556. The van der Waals surface area contributed by atoms with E-state index in [0.29, 0.717) is 6.04 Å². The van der Waals surface area contributed by atoms with E-state index in [4.69, 9.17) is 0 Å². The van der Waals surface area contributed by atoms with Gasteiger partial charge in [0.15, 0.2) is 5.10 Å². The van der Waals surface area contributed by atoms with E-state index in [-0.39, 0.29) is 0 Å². The molecule has 1 radical (unpaired) electrons. The van der Waals surface area contributed by atoms with Gasteiger partial charge < -0.3 is 0 Å². The Labute approximate surface area is 60.3 Å². The van der Waals surface area contributed by atoms with Crippen molar-refractivity contribution in [1.29, 1.82) is 0 Å². The van der Waals surface area contributed by atoms with E-state index < -0.39 is 0 Å². The summed E-state index contributed by atoms with van der Waals surface area (Å²) in [5, 5.41) is 3.96. The van der Waals surface area contributed by atoms with Crippen LogP contribution in [0.15, 0.2) is 23.8 Å². The van der Waals surface area contributed by atoms with Crippen LogP contribution in [-0.2, 0) is 0 Å². The minimum atomic E-state index is 0.388. The van der Waals surface area contributed by atoms with E-state index in [2.05, 4.69) is 28.8 Å². The van der Waals surface area contributed by atoms with Crippen molar-refractivity contribution in [2.75, 3.05) is 0 Å². The molecule has 1 atom stereocenters. The van der Waals surface area contributed by atoms with Crippen molar-refractivity contribution in [3.05, 3.63) is 23.8 Å². The summed E-state index contributed by atoms with van der Waals surface area (Å²) in [7, 11) is 0. The van der Waals surface area contributed by atoms with Gasteiger partial charge in [0.2, 0.25) is 0 Å². The highest BCUT2D eigenvalue weighted by Gasteiger charge is 2.19. The second-order valence-corrected chi connectivity index (χ2v) is 2.59. The molecule has 2 heteroatoms. The molecule has 1 aliphatic heterocycles. The molecule has 1 N–H and O–H groups in total. The van der Waals surface area contributed by atoms with Crippen LogP contribution in [0.3, 0.4) is 0 Å². The molecule has 0 bridgehead atoms. The van der Waals surface area contributed by atoms with E-state index >= 15 is 0 Å². The van der Waals surface area contributed by atoms with Crippen molar-refractivity contribution in [3.63, 3.8) is 0 Å². The Balaban J connectivity index is 2.26. The average Bonchev–Trinajstić information content (AvgIpc) is 2.05. The van der Waals surface area contributed by atoms with Crippen LogP contribution >= 0.6 is 0 Å². The van der Waals surface area contributed by atoms with E-state index in [1.165, 1.54) is 18.4 Å². The molecule has 0 saturated heterocycles. The van der Waals surface area contributed by atoms with Crippen LogP contribution < -0.4 is 10.5 Å². The lowest BCUT2D eigenvalue weighted by molar-refractivity contribution is 0.600. The van der Waals surface area contributed by atoms with Crippen LogP contribution in [0.1, 0.15) is 12.8 Å². The van der Waals surface area contributed by atoms with Crippen molar-refractivity contribution in [2.45, 2.75) is 18.9 Å². The summed E-state index contributed by atoms with van der Waals surface area (Å²) in [6.45, 7) is 0. The Morgan fingerprint density at radius 3 is 3.50 bits per heavy atom. The van der Waals surface area contributed by atoms with Crippen molar-refractivity contribution in [1.82, 2.24) is 10.5 Å². The van der Waals surface area contributed by atoms with Gasteiger partial charge in [0, 0.05) is 6.08 Å². The summed E-state index contributed by atoms with van der Waals surface area (Å²) >= 11 is 0. The number of nitrogens with zero attached hydrogens (tertiary/aromatic N) is 1. The largest absolute Gasteiger partial charge is 0.274 e. The first-order chi connectivity index (χ1) is 4.97. The van der Waals surface area contributed by atoms with Crippen molar-refractivity contribution in [2.24, 2.45) is 0 Å². The van der Waals surface area contributed by atoms with Crippen LogP contribution in [0.2, 0.25) is 0 Å². The summed E-state index contributed by atoms with van der Waals surface area (Å²) in [4.78, 5) is 0. The first-order valence-corrected chi connectivity index (χ1v) is 3.61. The minimum absolute atomic E-state index is 0.388. The highest BCUT2D eigenvalue weighted by atomic mass is 15.3. The first-order valence-electron chi connectivity index (χ1n) is 3.61. The monoisotopic (exact) mass is 134 g/mol. The molecule has 1 heterocycles. The zero-order chi connectivity index (χ0) is 6.81. The Morgan fingerprint density at radius 1 is 1.60 bits per heavy atom. The molecule has 2 rings (SSSR count). The fraction of sp³-hybridized carbons (Fsp3) is 0.375. The van der Waals surface area contributed by atoms with Gasteiger partial charge in [-0.2, -0.15) is 0 Å². The second kappa shape index (κ2) is 2.29. The molecule has 2 aliphatic rings. The van der Waals surface area contributed by atoms with Crippen LogP contribution in [0, 0.1) is 0 Å². The zero-order valence-corrected chi connectivity index (χ0v) is 5.75. The Kier molecular flexibility index (Phi) is 1.31. The van der Waals surface area contributed by atoms with Gasteiger partial charge in [0.25, 0.3) is 6.21 Å². The fourth-order valence-electron chi connectivity index (χ4n) is 1.33. The van der Waals surface area contributed by atoms with Crippen LogP contribution in [0.25, 0.3) is 0 Å². The lowest BCUT2D eigenvalue weighted by atomic mass is 9.96. The summed E-state index contributed by atoms with van der Waals surface area (Å²) in [5.41, 5.74) is 4.49. The first kappa shape index (κ1) is 5.71. The third-order valence-electron chi connectivity index (χ3n) is 1.90. The molecular formula is C8H10N2+. The number of fused-ring (bicyclic) bond motifs is 1. The standard InChI is InChI=1S/C8H10N2/c1-2-4-8-7(3-1)5-6-9-10-8/h2,4-6,8,10H,1,3H2/q+1. The average molecular weight is 134 g/mol. The lowest BCUT2D eigenvalue weighted by Gasteiger charge is -2.15. The molecule has 0 amide bonds. The molecule has 10 heavy (non-hydrogen) atoms. The van der Waals surface area contributed by atoms with Gasteiger partial charge in [-0.05, 0) is 18.4 Å². The molecule has 0 aromatic carbocycles. The van der Waals surface area contributed by atoms with Gasteiger partial charge in [-0.1, -0.05) is 12.2 Å². The number of hydrogen-bond acceptors (Lipinski definition) is 2. The molecule has 0 saturated carbocycles. The van der Waals surface area contributed by atoms with Gasteiger partial charge in [0.05, 0.1) is 0 Å². The SMILES string of the molecule is C1=CC2N[N+]=CC=C2CC1. The molecule has 2 nitrogen and oxygen atoms in total. The van der Waals surface area contributed by atoms with Crippen LogP contribution in [0.4, 0.5) is 0 Å². The summed E-state index contributed by atoms with van der Waals surface area (Å²) < 4.78 is 0.